The van der Waals surface area contributed by atoms with Gasteiger partial charge in [0.25, 0.3) is 0 Å². The molecule has 1 heterocycles. The number of rotatable bonds is 6. The summed E-state index contributed by atoms with van der Waals surface area (Å²) in [6, 6.07) is 8.01. The topological polar surface area (TPSA) is 41.9 Å². The highest BCUT2D eigenvalue weighted by Crippen LogP contribution is 2.23. The zero-order chi connectivity index (χ0) is 12.8. The van der Waals surface area contributed by atoms with Crippen molar-refractivity contribution in [3.63, 3.8) is 0 Å². The first-order valence-corrected chi connectivity index (χ1v) is 7.27. The predicted molar refractivity (Wildman–Crippen MR) is 83.1 cm³/mol. The van der Waals surface area contributed by atoms with E-state index >= 15 is 0 Å². The van der Waals surface area contributed by atoms with Gasteiger partial charge in [0.05, 0.1) is 5.52 Å². The van der Waals surface area contributed by atoms with Crippen LogP contribution in [0, 0.1) is 0 Å². The van der Waals surface area contributed by atoms with Crippen molar-refractivity contribution in [1.29, 1.82) is 0 Å². The lowest BCUT2D eigenvalue weighted by Crippen LogP contribution is -2.25. The maximum Gasteiger partial charge on any atom is 0.130 e. The molecule has 19 heavy (non-hydrogen) atoms. The van der Waals surface area contributed by atoms with Crippen LogP contribution in [0.3, 0.4) is 0 Å². The Balaban J connectivity index is 0.00000180. The second-order valence-electron chi connectivity index (χ2n) is 3.99. The molecular weight excluding hydrogens is 280 g/mol. The molecule has 0 saturated carbocycles. The molecule has 0 atom stereocenters. The lowest BCUT2D eigenvalue weighted by Gasteiger charge is -2.17. The van der Waals surface area contributed by atoms with Crippen molar-refractivity contribution in [2.45, 2.75) is 18.9 Å². The Bertz CT molecular complexity index is 499. The lowest BCUT2D eigenvalue weighted by atomic mass is 10.2. The number of hydrogen-bond acceptors (Lipinski definition) is 5. The minimum absolute atomic E-state index is 0. The van der Waals surface area contributed by atoms with E-state index in [0.717, 1.165) is 41.3 Å². The minimum Gasteiger partial charge on any atom is -0.303 e. The van der Waals surface area contributed by atoms with Gasteiger partial charge in [-0.15, -0.1) is 34.4 Å². The second kappa shape index (κ2) is 8.30. The van der Waals surface area contributed by atoms with Crippen LogP contribution in [0.1, 0.15) is 13.8 Å². The molecule has 0 aliphatic rings. The molecule has 0 saturated heterocycles. The van der Waals surface area contributed by atoms with Gasteiger partial charge < -0.3 is 4.90 Å². The molecule has 0 radical (unpaired) electrons. The highest BCUT2D eigenvalue weighted by molar-refractivity contribution is 7.99. The monoisotopic (exact) mass is 298 g/mol. The SMILES string of the molecule is CCN(CC)CCSc1nnnc2ccccc12.Cl. The van der Waals surface area contributed by atoms with E-state index in [9.17, 15) is 0 Å². The van der Waals surface area contributed by atoms with Gasteiger partial charge in [0.2, 0.25) is 0 Å². The third kappa shape index (κ3) is 4.30. The van der Waals surface area contributed by atoms with Gasteiger partial charge >= 0.3 is 0 Å². The first-order chi connectivity index (χ1) is 8.85. The molecule has 1 aromatic heterocycles. The van der Waals surface area contributed by atoms with E-state index in [1.165, 1.54) is 0 Å². The number of aromatic nitrogens is 3. The van der Waals surface area contributed by atoms with Gasteiger partial charge in [-0.25, -0.2) is 0 Å². The minimum atomic E-state index is 0. The molecule has 0 N–H and O–H groups in total. The van der Waals surface area contributed by atoms with Gasteiger partial charge in [-0.3, -0.25) is 0 Å². The molecule has 2 rings (SSSR count). The van der Waals surface area contributed by atoms with Crippen molar-refractivity contribution in [2.24, 2.45) is 0 Å². The molecule has 0 unspecified atom stereocenters. The van der Waals surface area contributed by atoms with Crippen molar-refractivity contribution in [2.75, 3.05) is 25.4 Å². The highest BCUT2D eigenvalue weighted by Gasteiger charge is 2.05. The molecule has 0 aliphatic carbocycles. The van der Waals surface area contributed by atoms with Gasteiger partial charge in [0, 0.05) is 17.7 Å². The van der Waals surface area contributed by atoms with E-state index in [-0.39, 0.29) is 12.4 Å². The smallest absolute Gasteiger partial charge is 0.130 e. The number of hydrogen-bond donors (Lipinski definition) is 0. The zero-order valence-corrected chi connectivity index (χ0v) is 12.9. The van der Waals surface area contributed by atoms with Gasteiger partial charge in [0.1, 0.15) is 5.03 Å². The van der Waals surface area contributed by atoms with E-state index in [2.05, 4.69) is 40.2 Å². The van der Waals surface area contributed by atoms with Gasteiger partial charge in [-0.05, 0) is 30.4 Å². The number of halogens is 1. The summed E-state index contributed by atoms with van der Waals surface area (Å²) in [4.78, 5) is 2.41. The number of thioether (sulfide) groups is 1. The summed E-state index contributed by atoms with van der Waals surface area (Å²) in [6.07, 6.45) is 0. The molecule has 0 bridgehead atoms. The van der Waals surface area contributed by atoms with E-state index < -0.39 is 0 Å². The van der Waals surface area contributed by atoms with Crippen LogP contribution in [0.15, 0.2) is 29.3 Å². The van der Waals surface area contributed by atoms with Crippen LogP contribution in [-0.2, 0) is 0 Å². The van der Waals surface area contributed by atoms with E-state index in [0.29, 0.717) is 0 Å². The third-order valence-electron chi connectivity index (χ3n) is 2.96. The number of benzene rings is 1. The fourth-order valence-corrected chi connectivity index (χ4v) is 2.79. The Morgan fingerprint density at radius 1 is 1.11 bits per heavy atom. The van der Waals surface area contributed by atoms with Crippen LogP contribution >= 0.6 is 24.2 Å². The maximum absolute atomic E-state index is 4.14. The highest BCUT2D eigenvalue weighted by atomic mass is 35.5. The molecule has 0 fully saturated rings. The van der Waals surface area contributed by atoms with Crippen LogP contribution in [0.5, 0.6) is 0 Å². The first kappa shape index (κ1) is 16.1. The normalized spacial score (nSPS) is 10.7. The first-order valence-electron chi connectivity index (χ1n) is 6.28. The molecule has 104 valence electrons. The molecule has 1 aromatic carbocycles. The Morgan fingerprint density at radius 2 is 1.84 bits per heavy atom. The summed E-state index contributed by atoms with van der Waals surface area (Å²) in [5.74, 6) is 1.03. The van der Waals surface area contributed by atoms with Crippen LogP contribution in [0.4, 0.5) is 0 Å². The maximum atomic E-state index is 4.14. The molecular formula is C13H19ClN4S. The van der Waals surface area contributed by atoms with Crippen molar-refractivity contribution >= 4 is 35.1 Å². The molecule has 2 aromatic rings. The van der Waals surface area contributed by atoms with E-state index in [1.807, 2.05) is 18.2 Å². The number of fused-ring (bicyclic) bond motifs is 1. The standard InChI is InChI=1S/C13H18N4S.ClH/c1-3-17(4-2)9-10-18-13-11-7-5-6-8-12(11)14-16-15-13;/h5-8H,3-4,9-10H2,1-2H3;1H. The van der Waals surface area contributed by atoms with E-state index in [4.69, 9.17) is 0 Å². The summed E-state index contributed by atoms with van der Waals surface area (Å²) in [5, 5.41) is 14.1. The largest absolute Gasteiger partial charge is 0.303 e. The zero-order valence-electron chi connectivity index (χ0n) is 11.2. The van der Waals surface area contributed by atoms with Crippen LogP contribution in [-0.4, -0.2) is 45.7 Å². The third-order valence-corrected chi connectivity index (χ3v) is 3.92. The number of nitrogens with zero attached hydrogens (tertiary/aromatic N) is 4. The lowest BCUT2D eigenvalue weighted by molar-refractivity contribution is 0.324. The average molecular weight is 299 g/mol. The summed E-state index contributed by atoms with van der Waals surface area (Å²) >= 11 is 1.75. The van der Waals surface area contributed by atoms with Gasteiger partial charge in [0.15, 0.2) is 0 Å². The van der Waals surface area contributed by atoms with Crippen molar-refractivity contribution in [3.8, 4) is 0 Å². The average Bonchev–Trinajstić information content (AvgIpc) is 2.44. The van der Waals surface area contributed by atoms with E-state index in [1.54, 1.807) is 11.8 Å². The Labute approximate surface area is 124 Å². The quantitative estimate of drug-likeness (QED) is 0.767. The van der Waals surface area contributed by atoms with Crippen molar-refractivity contribution in [3.05, 3.63) is 24.3 Å². The Morgan fingerprint density at radius 3 is 2.58 bits per heavy atom. The molecule has 0 spiro atoms. The fourth-order valence-electron chi connectivity index (χ4n) is 1.82. The Kier molecular flexibility index (Phi) is 7.05. The molecule has 6 heteroatoms. The van der Waals surface area contributed by atoms with Crippen LogP contribution < -0.4 is 0 Å². The second-order valence-corrected chi connectivity index (χ2v) is 5.07. The van der Waals surface area contributed by atoms with Crippen LogP contribution in [0.25, 0.3) is 10.9 Å². The van der Waals surface area contributed by atoms with Gasteiger partial charge in [-0.1, -0.05) is 26.0 Å². The van der Waals surface area contributed by atoms with Crippen molar-refractivity contribution < 1.29 is 0 Å². The fraction of sp³-hybridized carbons (Fsp3) is 0.462. The van der Waals surface area contributed by atoms with Crippen molar-refractivity contribution in [1.82, 2.24) is 20.3 Å². The summed E-state index contributed by atoms with van der Waals surface area (Å²) in [6.45, 7) is 7.65. The molecule has 0 aliphatic heterocycles. The summed E-state index contributed by atoms with van der Waals surface area (Å²) in [7, 11) is 0. The molecule has 4 nitrogen and oxygen atoms in total. The van der Waals surface area contributed by atoms with Gasteiger partial charge in [-0.2, -0.15) is 0 Å². The Hall–Kier alpha value is -0.910. The van der Waals surface area contributed by atoms with Crippen LogP contribution in [0.2, 0.25) is 0 Å². The predicted octanol–water partition coefficient (Wildman–Crippen LogP) is 2.88. The summed E-state index contributed by atoms with van der Waals surface area (Å²) in [5.41, 5.74) is 0.915. The molecule has 0 amide bonds. The summed E-state index contributed by atoms with van der Waals surface area (Å²) < 4.78 is 0.